The summed E-state index contributed by atoms with van der Waals surface area (Å²) in [5.41, 5.74) is 2.13. The standard InChI is InChI=1S/C24H18Br2N2O3/c1-30-22-11-4-17(23(13-22)31-15-16-2-5-19(25)6-3-16)12-18(14-27)24(29)28-21-9-7-20(26)8-10-21/h2-13H,15H2,1H3,(H,28,29)/b18-12+. The van der Waals surface area contributed by atoms with Gasteiger partial charge in [0, 0.05) is 26.3 Å². The Kier molecular flexibility index (Phi) is 7.88. The van der Waals surface area contributed by atoms with Gasteiger partial charge in [-0.05, 0) is 60.2 Å². The van der Waals surface area contributed by atoms with E-state index in [1.807, 2.05) is 42.5 Å². The molecule has 0 unspecified atom stereocenters. The van der Waals surface area contributed by atoms with Gasteiger partial charge in [0.15, 0.2) is 0 Å². The average Bonchev–Trinajstić information content (AvgIpc) is 2.79. The Hall–Kier alpha value is -3.08. The van der Waals surface area contributed by atoms with E-state index >= 15 is 0 Å². The van der Waals surface area contributed by atoms with E-state index in [0.717, 1.165) is 14.5 Å². The summed E-state index contributed by atoms with van der Waals surface area (Å²) in [6.45, 7) is 0.328. The number of amides is 1. The molecule has 0 bridgehead atoms. The average molecular weight is 542 g/mol. The first kappa shape index (κ1) is 22.6. The van der Waals surface area contributed by atoms with Crippen LogP contribution < -0.4 is 14.8 Å². The van der Waals surface area contributed by atoms with Crippen LogP contribution in [0.5, 0.6) is 11.5 Å². The minimum atomic E-state index is -0.500. The second-order valence-corrected chi connectivity index (χ2v) is 8.28. The maximum Gasteiger partial charge on any atom is 0.266 e. The fourth-order valence-corrected chi connectivity index (χ4v) is 3.19. The molecule has 0 saturated heterocycles. The molecule has 1 amide bonds. The van der Waals surface area contributed by atoms with E-state index in [2.05, 4.69) is 37.2 Å². The summed E-state index contributed by atoms with van der Waals surface area (Å²) in [4.78, 5) is 12.6. The predicted octanol–water partition coefficient (Wildman–Crippen LogP) is 6.34. The lowest BCUT2D eigenvalue weighted by molar-refractivity contribution is -0.112. The summed E-state index contributed by atoms with van der Waals surface area (Å²) in [5.74, 6) is 0.617. The molecular weight excluding hydrogens is 524 g/mol. The van der Waals surface area contributed by atoms with Crippen molar-refractivity contribution in [2.75, 3.05) is 12.4 Å². The van der Waals surface area contributed by atoms with Gasteiger partial charge in [-0.1, -0.05) is 44.0 Å². The third-order valence-corrected chi connectivity index (χ3v) is 5.35. The van der Waals surface area contributed by atoms with Crippen molar-refractivity contribution in [1.29, 1.82) is 5.26 Å². The van der Waals surface area contributed by atoms with E-state index in [1.165, 1.54) is 6.08 Å². The predicted molar refractivity (Wildman–Crippen MR) is 128 cm³/mol. The van der Waals surface area contributed by atoms with Crippen LogP contribution in [0, 0.1) is 11.3 Å². The summed E-state index contributed by atoms with van der Waals surface area (Å²) >= 11 is 6.76. The number of benzene rings is 3. The van der Waals surface area contributed by atoms with Crippen LogP contribution in [0.4, 0.5) is 5.69 Å². The quantitative estimate of drug-likeness (QED) is 0.279. The molecule has 0 fully saturated rings. The Balaban J connectivity index is 1.83. The fourth-order valence-electron chi connectivity index (χ4n) is 2.66. The zero-order valence-electron chi connectivity index (χ0n) is 16.6. The molecule has 3 aromatic rings. The number of anilines is 1. The number of hydrogen-bond donors (Lipinski definition) is 1. The van der Waals surface area contributed by atoms with Crippen LogP contribution in [-0.4, -0.2) is 13.0 Å². The molecule has 1 N–H and O–H groups in total. The first-order valence-corrected chi connectivity index (χ1v) is 10.8. The number of ether oxygens (including phenoxy) is 2. The monoisotopic (exact) mass is 540 g/mol. The number of nitrogens with zero attached hydrogens (tertiary/aromatic N) is 1. The minimum absolute atomic E-state index is 0.0402. The molecule has 31 heavy (non-hydrogen) atoms. The van der Waals surface area contributed by atoms with Crippen molar-refractivity contribution in [2.45, 2.75) is 6.61 Å². The number of hydrogen-bond acceptors (Lipinski definition) is 4. The molecule has 5 nitrogen and oxygen atoms in total. The molecule has 3 aromatic carbocycles. The number of carbonyl (C=O) groups is 1. The van der Waals surface area contributed by atoms with Gasteiger partial charge in [0.05, 0.1) is 7.11 Å². The van der Waals surface area contributed by atoms with Gasteiger partial charge in [-0.25, -0.2) is 0 Å². The molecule has 0 atom stereocenters. The molecule has 3 rings (SSSR count). The minimum Gasteiger partial charge on any atom is -0.497 e. The Labute approximate surface area is 197 Å². The molecule has 156 valence electrons. The molecule has 0 aliphatic rings. The highest BCUT2D eigenvalue weighted by Gasteiger charge is 2.12. The smallest absolute Gasteiger partial charge is 0.266 e. The zero-order chi connectivity index (χ0) is 22.2. The van der Waals surface area contributed by atoms with Crippen LogP contribution in [-0.2, 0) is 11.4 Å². The lowest BCUT2D eigenvalue weighted by Gasteiger charge is -2.12. The number of methoxy groups -OCH3 is 1. The van der Waals surface area contributed by atoms with Gasteiger partial charge >= 0.3 is 0 Å². The molecule has 0 radical (unpaired) electrons. The first-order valence-electron chi connectivity index (χ1n) is 9.22. The Morgan fingerprint density at radius 1 is 1.03 bits per heavy atom. The number of rotatable bonds is 7. The van der Waals surface area contributed by atoms with E-state index in [1.54, 1.807) is 37.4 Å². The molecule has 0 aromatic heterocycles. The van der Waals surface area contributed by atoms with Gasteiger partial charge in [0.25, 0.3) is 5.91 Å². The van der Waals surface area contributed by atoms with E-state index in [0.29, 0.717) is 29.4 Å². The van der Waals surface area contributed by atoms with Gasteiger partial charge in [-0.3, -0.25) is 4.79 Å². The lowest BCUT2D eigenvalue weighted by atomic mass is 10.1. The Morgan fingerprint density at radius 2 is 1.68 bits per heavy atom. The molecule has 7 heteroatoms. The SMILES string of the molecule is COc1ccc(/C=C(\C#N)C(=O)Nc2ccc(Br)cc2)c(OCc2ccc(Br)cc2)c1. The molecule has 0 aliphatic carbocycles. The van der Waals surface area contributed by atoms with Gasteiger partial charge in [-0.2, -0.15) is 5.26 Å². The maximum absolute atomic E-state index is 12.6. The van der Waals surface area contributed by atoms with Crippen molar-refractivity contribution in [2.24, 2.45) is 0 Å². The van der Waals surface area contributed by atoms with Crippen LogP contribution >= 0.6 is 31.9 Å². The molecule has 0 aliphatic heterocycles. The van der Waals surface area contributed by atoms with Gasteiger partial charge in [-0.15, -0.1) is 0 Å². The van der Waals surface area contributed by atoms with Crippen molar-refractivity contribution in [3.8, 4) is 17.6 Å². The second-order valence-electron chi connectivity index (χ2n) is 6.45. The summed E-state index contributed by atoms with van der Waals surface area (Å²) in [5, 5.41) is 12.3. The van der Waals surface area contributed by atoms with Crippen molar-refractivity contribution in [3.05, 3.63) is 92.4 Å². The lowest BCUT2D eigenvalue weighted by Crippen LogP contribution is -2.13. The highest BCUT2D eigenvalue weighted by molar-refractivity contribution is 9.10. The van der Waals surface area contributed by atoms with Gasteiger partial charge < -0.3 is 14.8 Å². The maximum atomic E-state index is 12.6. The summed E-state index contributed by atoms with van der Waals surface area (Å²) < 4.78 is 13.1. The van der Waals surface area contributed by atoms with Crippen LogP contribution in [0.2, 0.25) is 0 Å². The topological polar surface area (TPSA) is 71.3 Å². The van der Waals surface area contributed by atoms with Gasteiger partial charge in [0.2, 0.25) is 0 Å². The van der Waals surface area contributed by atoms with E-state index < -0.39 is 5.91 Å². The second kappa shape index (κ2) is 10.8. The summed E-state index contributed by atoms with van der Waals surface area (Å²) in [7, 11) is 1.57. The van der Waals surface area contributed by atoms with Crippen LogP contribution in [0.3, 0.4) is 0 Å². The van der Waals surface area contributed by atoms with Crippen molar-refractivity contribution in [1.82, 2.24) is 0 Å². The molecule has 0 spiro atoms. The van der Waals surface area contributed by atoms with Crippen LogP contribution in [0.15, 0.2) is 81.2 Å². The largest absolute Gasteiger partial charge is 0.497 e. The first-order chi connectivity index (χ1) is 15.0. The number of carbonyl (C=O) groups excluding carboxylic acids is 1. The van der Waals surface area contributed by atoms with Gasteiger partial charge in [0.1, 0.15) is 29.7 Å². The van der Waals surface area contributed by atoms with Crippen LogP contribution in [0.1, 0.15) is 11.1 Å². The highest BCUT2D eigenvalue weighted by atomic mass is 79.9. The normalized spacial score (nSPS) is 10.8. The fraction of sp³-hybridized carbons (Fsp3) is 0.0833. The van der Waals surface area contributed by atoms with E-state index in [9.17, 15) is 10.1 Å². The van der Waals surface area contributed by atoms with Crippen molar-refractivity contribution < 1.29 is 14.3 Å². The summed E-state index contributed by atoms with van der Waals surface area (Å²) in [6.07, 6.45) is 1.50. The zero-order valence-corrected chi connectivity index (χ0v) is 19.7. The molecule has 0 heterocycles. The van der Waals surface area contributed by atoms with Crippen molar-refractivity contribution in [3.63, 3.8) is 0 Å². The third kappa shape index (κ3) is 6.45. The number of nitrogens with one attached hydrogen (secondary N) is 1. The van der Waals surface area contributed by atoms with Crippen molar-refractivity contribution >= 4 is 49.5 Å². The number of nitriles is 1. The van der Waals surface area contributed by atoms with Crippen LogP contribution in [0.25, 0.3) is 6.08 Å². The van der Waals surface area contributed by atoms with E-state index in [-0.39, 0.29) is 5.57 Å². The number of halogens is 2. The summed E-state index contributed by atoms with van der Waals surface area (Å²) in [6, 6.07) is 22.1. The molecule has 0 saturated carbocycles. The Bertz CT molecular complexity index is 1130. The highest BCUT2D eigenvalue weighted by Crippen LogP contribution is 2.28. The molecular formula is C24H18Br2N2O3. The van der Waals surface area contributed by atoms with E-state index in [4.69, 9.17) is 9.47 Å². The Morgan fingerprint density at radius 3 is 2.29 bits per heavy atom. The third-order valence-electron chi connectivity index (χ3n) is 4.30.